The highest BCUT2D eigenvalue weighted by molar-refractivity contribution is 7.90. The molecule has 0 saturated carbocycles. The second-order valence-electron chi connectivity index (χ2n) is 15.8. The van der Waals surface area contributed by atoms with E-state index in [0.717, 1.165) is 5.66 Å². The van der Waals surface area contributed by atoms with Crippen LogP contribution in [0.15, 0.2) is 47.3 Å². The molecule has 228 valence electrons. The van der Waals surface area contributed by atoms with Crippen LogP contribution in [0, 0.1) is 0 Å². The molecule has 0 amide bonds. The summed E-state index contributed by atoms with van der Waals surface area (Å²) in [4.78, 5) is 0. The smallest absolute Gasteiger partial charge is 0.0734 e. The maximum Gasteiger partial charge on any atom is 0.113 e. The Balaban J connectivity index is 1.74. The average molecular weight is 602 g/mol. The first-order valence-corrected chi connectivity index (χ1v) is 20.6. The third-order valence-electron chi connectivity index (χ3n) is 10.6. The Labute approximate surface area is 261 Å². The molecular formula is C40H59P2+. The lowest BCUT2D eigenvalue weighted by atomic mass is 9.89. The highest BCUT2D eigenvalue weighted by atomic mass is 31.2. The van der Waals surface area contributed by atoms with Gasteiger partial charge >= 0.3 is 0 Å². The number of rotatable bonds is 8. The van der Waals surface area contributed by atoms with Gasteiger partial charge in [0.15, 0.2) is 0 Å². The van der Waals surface area contributed by atoms with Gasteiger partial charge in [-0.05, 0) is 88.0 Å². The van der Waals surface area contributed by atoms with Gasteiger partial charge in [0.1, 0.15) is 11.0 Å². The van der Waals surface area contributed by atoms with E-state index < -0.39 is 7.26 Å². The van der Waals surface area contributed by atoms with Crippen molar-refractivity contribution < 1.29 is 0 Å². The molecule has 1 saturated heterocycles. The number of fused-ring (bicyclic) bond motifs is 4. The molecule has 0 aliphatic carbocycles. The van der Waals surface area contributed by atoms with Crippen LogP contribution >= 0.6 is 15.2 Å². The minimum Gasteiger partial charge on any atom is -0.0734 e. The maximum absolute atomic E-state index is 2.85. The summed E-state index contributed by atoms with van der Waals surface area (Å²) in [6, 6.07) is 10.5. The average Bonchev–Trinajstić information content (AvgIpc) is 3.14. The molecule has 2 heteroatoms. The van der Waals surface area contributed by atoms with Crippen LogP contribution in [0.25, 0.3) is 0 Å². The van der Waals surface area contributed by atoms with Crippen LogP contribution in [0.1, 0.15) is 166 Å². The van der Waals surface area contributed by atoms with Gasteiger partial charge < -0.3 is 0 Å². The highest BCUT2D eigenvalue weighted by Crippen LogP contribution is 2.84. The summed E-state index contributed by atoms with van der Waals surface area (Å²) in [5, 5.41) is 3.62. The van der Waals surface area contributed by atoms with Gasteiger partial charge in [-0.25, -0.2) is 0 Å². The second kappa shape index (κ2) is 11.6. The molecule has 2 aromatic rings. The van der Waals surface area contributed by atoms with Crippen LogP contribution < -0.4 is 10.6 Å². The molecule has 0 radical (unpaired) electrons. The van der Waals surface area contributed by atoms with Crippen molar-refractivity contribution in [1.82, 2.24) is 0 Å². The van der Waals surface area contributed by atoms with Crippen molar-refractivity contribution in [3.63, 3.8) is 0 Å². The molecule has 0 N–H and O–H groups in total. The monoisotopic (exact) mass is 601 g/mol. The lowest BCUT2D eigenvalue weighted by Crippen LogP contribution is -2.48. The molecule has 5 unspecified atom stereocenters. The molecule has 2 bridgehead atoms. The van der Waals surface area contributed by atoms with Crippen molar-refractivity contribution in [2.45, 2.75) is 149 Å². The van der Waals surface area contributed by atoms with Gasteiger partial charge in [-0.1, -0.05) is 127 Å². The number of hydrogen-bond acceptors (Lipinski definition) is 0. The van der Waals surface area contributed by atoms with E-state index in [1.165, 1.54) is 17.3 Å². The Bertz CT molecular complexity index is 1360. The van der Waals surface area contributed by atoms with Crippen molar-refractivity contribution >= 4 is 25.8 Å². The van der Waals surface area contributed by atoms with Gasteiger partial charge in [0, 0.05) is 16.9 Å². The minimum absolute atomic E-state index is 0.291. The second-order valence-corrected chi connectivity index (χ2v) is 21.8. The van der Waals surface area contributed by atoms with Crippen molar-refractivity contribution in [2.75, 3.05) is 6.16 Å². The normalized spacial score (nSPS) is 27.0. The van der Waals surface area contributed by atoms with Crippen molar-refractivity contribution in [1.29, 1.82) is 0 Å². The van der Waals surface area contributed by atoms with Crippen molar-refractivity contribution in [3.05, 3.63) is 80.7 Å². The Hall–Kier alpha value is -1.22. The molecule has 0 nitrogen and oxygen atoms in total. The first-order chi connectivity index (χ1) is 19.6. The number of benzene rings is 2. The maximum atomic E-state index is 2.85. The van der Waals surface area contributed by atoms with E-state index >= 15 is 0 Å². The van der Waals surface area contributed by atoms with E-state index in [4.69, 9.17) is 0 Å². The van der Waals surface area contributed by atoms with E-state index in [0.29, 0.717) is 46.8 Å². The van der Waals surface area contributed by atoms with Gasteiger partial charge in [-0.15, -0.1) is 0 Å². The Morgan fingerprint density at radius 3 is 1.40 bits per heavy atom. The Morgan fingerprint density at radius 1 is 0.595 bits per heavy atom. The molecule has 3 aliphatic heterocycles. The topological polar surface area (TPSA) is 0 Å². The summed E-state index contributed by atoms with van der Waals surface area (Å²) in [7, 11) is -1.75. The quantitative estimate of drug-likeness (QED) is 0.209. The molecule has 1 fully saturated rings. The van der Waals surface area contributed by atoms with Crippen molar-refractivity contribution in [3.8, 4) is 0 Å². The Morgan fingerprint density at radius 2 is 1.02 bits per heavy atom. The summed E-state index contributed by atoms with van der Waals surface area (Å²) in [5.41, 5.74) is 15.2. The van der Waals surface area contributed by atoms with Gasteiger partial charge in [-0.2, -0.15) is 0 Å². The largest absolute Gasteiger partial charge is 0.113 e. The summed E-state index contributed by atoms with van der Waals surface area (Å²) in [5.74, 6) is 6.21. The standard InChI is InChI=1S/C40H59P2/c1-22(2)30-16-33(24(5)6)38(34(17-30)25(7)8)41-32-15-28(13)37(41)39-29(14)20-42(39,21-32)40-35(26(9)10)18-31(23(3)4)19-36(40)27(11)12/h15-20,22-27,32,37,39H,21H2,1-14H3/q+1. The molecule has 2 aromatic carbocycles. The molecule has 3 aliphatic rings. The first kappa shape index (κ1) is 32.2. The fraction of sp³-hybridized carbons (Fsp3) is 0.600. The van der Waals surface area contributed by atoms with Gasteiger partial charge in [0.25, 0.3) is 0 Å². The van der Waals surface area contributed by atoms with Crippen LogP contribution in [-0.2, 0) is 0 Å². The van der Waals surface area contributed by atoms with Crippen LogP contribution in [0.2, 0.25) is 0 Å². The molecule has 3 heterocycles. The summed E-state index contributed by atoms with van der Waals surface area (Å²) < 4.78 is 0. The minimum atomic E-state index is -1.46. The van der Waals surface area contributed by atoms with Crippen LogP contribution in [0.5, 0.6) is 0 Å². The van der Waals surface area contributed by atoms with Gasteiger partial charge in [-0.3, -0.25) is 0 Å². The predicted molar refractivity (Wildman–Crippen MR) is 194 cm³/mol. The van der Waals surface area contributed by atoms with E-state index in [2.05, 4.69) is 133 Å². The highest BCUT2D eigenvalue weighted by Gasteiger charge is 2.68. The molecule has 0 aromatic heterocycles. The number of allylic oxidation sites excluding steroid dienone is 3. The first-order valence-electron chi connectivity index (χ1n) is 17.0. The summed E-state index contributed by atoms with van der Waals surface area (Å²) in [6.07, 6.45) is 4.17. The number of hydrogen-bond donors (Lipinski definition) is 0. The van der Waals surface area contributed by atoms with E-state index in [1.54, 1.807) is 38.7 Å². The Kier molecular flexibility index (Phi) is 8.90. The summed E-state index contributed by atoms with van der Waals surface area (Å²) in [6.45, 7) is 34.1. The van der Waals surface area contributed by atoms with Crippen LogP contribution in [0.3, 0.4) is 0 Å². The van der Waals surface area contributed by atoms with E-state index in [-0.39, 0.29) is 7.92 Å². The molecule has 5 atom stereocenters. The van der Waals surface area contributed by atoms with Crippen LogP contribution in [0.4, 0.5) is 0 Å². The van der Waals surface area contributed by atoms with Crippen LogP contribution in [-0.4, -0.2) is 23.1 Å². The third kappa shape index (κ3) is 5.04. The van der Waals surface area contributed by atoms with E-state index in [1.807, 2.05) is 5.30 Å². The zero-order valence-electron chi connectivity index (χ0n) is 29.3. The zero-order valence-corrected chi connectivity index (χ0v) is 31.1. The molecule has 5 rings (SSSR count). The van der Waals surface area contributed by atoms with Crippen molar-refractivity contribution in [2.24, 2.45) is 0 Å². The SMILES string of the molecule is CC1=CC2C[P+]3(c4c(C(C)C)cc(C(C)C)cc4C(C)C)C=C(C)C3C1P2c1c(C(C)C)cc(C(C)C)cc1C(C)C. The molecule has 0 spiro atoms. The fourth-order valence-corrected chi connectivity index (χ4v) is 20.4. The fourth-order valence-electron chi connectivity index (χ4n) is 8.44. The third-order valence-corrected chi connectivity index (χ3v) is 19.5. The molecule has 42 heavy (non-hydrogen) atoms. The zero-order chi connectivity index (χ0) is 31.0. The van der Waals surface area contributed by atoms with E-state index in [9.17, 15) is 0 Å². The molecular weight excluding hydrogens is 542 g/mol. The summed E-state index contributed by atoms with van der Waals surface area (Å²) >= 11 is 0. The van der Waals surface area contributed by atoms with Gasteiger partial charge in [0.2, 0.25) is 0 Å². The van der Waals surface area contributed by atoms with Gasteiger partial charge in [0.05, 0.1) is 19.2 Å². The lowest BCUT2D eigenvalue weighted by Gasteiger charge is -2.52. The lowest BCUT2D eigenvalue weighted by molar-refractivity contribution is 0.808. The predicted octanol–water partition coefficient (Wildman–Crippen LogP) is 11.9.